The molecule has 3 aromatic rings. The van der Waals surface area contributed by atoms with E-state index in [4.69, 9.17) is 23.2 Å². The zero-order chi connectivity index (χ0) is 23.7. The van der Waals surface area contributed by atoms with Gasteiger partial charge in [0.2, 0.25) is 11.8 Å². The van der Waals surface area contributed by atoms with Crippen LogP contribution in [0.3, 0.4) is 0 Å². The van der Waals surface area contributed by atoms with Gasteiger partial charge >= 0.3 is 0 Å². The summed E-state index contributed by atoms with van der Waals surface area (Å²) >= 11 is 12.2. The molecular weight excluding hydrogens is 461 g/mol. The van der Waals surface area contributed by atoms with Crippen molar-refractivity contribution >= 4 is 57.4 Å². The average Bonchev–Trinajstić information content (AvgIpc) is 3.09. The van der Waals surface area contributed by atoms with Crippen molar-refractivity contribution in [1.82, 2.24) is 10.2 Å². The van der Waals surface area contributed by atoms with E-state index in [0.29, 0.717) is 27.7 Å². The van der Waals surface area contributed by atoms with Crippen molar-refractivity contribution in [2.24, 2.45) is 0 Å². The fourth-order valence-corrected chi connectivity index (χ4v) is 4.60. The van der Waals surface area contributed by atoms with E-state index in [1.54, 1.807) is 24.3 Å². The van der Waals surface area contributed by atoms with Gasteiger partial charge in [0.05, 0.1) is 15.7 Å². The van der Waals surface area contributed by atoms with Gasteiger partial charge in [-0.15, -0.1) is 0 Å². The molecule has 1 atom stereocenters. The molecule has 0 aromatic heterocycles. The lowest BCUT2D eigenvalue weighted by Gasteiger charge is -2.32. The van der Waals surface area contributed by atoms with Crippen molar-refractivity contribution in [1.29, 1.82) is 0 Å². The van der Waals surface area contributed by atoms with E-state index < -0.39 is 6.04 Å². The summed E-state index contributed by atoms with van der Waals surface area (Å²) < 4.78 is 0. The highest BCUT2D eigenvalue weighted by Crippen LogP contribution is 2.37. The quantitative estimate of drug-likeness (QED) is 0.531. The van der Waals surface area contributed by atoms with E-state index in [2.05, 4.69) is 5.32 Å². The molecule has 0 saturated heterocycles. The van der Waals surface area contributed by atoms with E-state index >= 15 is 0 Å². The molecule has 3 aromatic carbocycles. The third kappa shape index (κ3) is 4.28. The van der Waals surface area contributed by atoms with Gasteiger partial charge < -0.3 is 10.2 Å². The lowest BCUT2D eigenvalue weighted by molar-refractivity contribution is -0.140. The van der Waals surface area contributed by atoms with Crippen LogP contribution in [0.15, 0.2) is 54.6 Å². The van der Waals surface area contributed by atoms with Crippen molar-refractivity contribution in [2.75, 3.05) is 18.5 Å². The molecule has 8 heteroatoms. The Bertz CT molecular complexity index is 1260. The van der Waals surface area contributed by atoms with Crippen molar-refractivity contribution < 1.29 is 14.4 Å². The number of amides is 3. The molecule has 0 spiro atoms. The second-order valence-corrected chi connectivity index (χ2v) is 8.69. The smallest absolute Gasteiger partial charge is 0.259 e. The van der Waals surface area contributed by atoms with Crippen LogP contribution in [0.25, 0.3) is 10.8 Å². The van der Waals surface area contributed by atoms with Crippen LogP contribution in [-0.2, 0) is 16.1 Å². The summed E-state index contributed by atoms with van der Waals surface area (Å²) in [6, 6.07) is 15.6. The molecule has 3 amide bonds. The zero-order valence-electron chi connectivity index (χ0n) is 18.3. The summed E-state index contributed by atoms with van der Waals surface area (Å²) in [5.74, 6) is -0.837. The molecule has 0 aliphatic carbocycles. The van der Waals surface area contributed by atoms with Crippen LogP contribution in [-0.4, -0.2) is 42.3 Å². The number of carbonyl (C=O) groups is 3. The highest BCUT2D eigenvalue weighted by molar-refractivity contribution is 6.42. The molecule has 0 bridgehead atoms. The van der Waals surface area contributed by atoms with Crippen molar-refractivity contribution in [3.63, 3.8) is 0 Å². The number of benzene rings is 3. The Morgan fingerprint density at radius 3 is 2.45 bits per heavy atom. The predicted molar refractivity (Wildman–Crippen MR) is 131 cm³/mol. The van der Waals surface area contributed by atoms with Gasteiger partial charge in [-0.05, 0) is 41.6 Å². The highest BCUT2D eigenvalue weighted by atomic mass is 35.5. The van der Waals surface area contributed by atoms with Crippen LogP contribution in [0, 0.1) is 0 Å². The van der Waals surface area contributed by atoms with Crippen LogP contribution in [0.5, 0.6) is 0 Å². The average molecular weight is 484 g/mol. The van der Waals surface area contributed by atoms with E-state index in [-0.39, 0.29) is 30.8 Å². The largest absolute Gasteiger partial charge is 0.357 e. The number of likely N-dealkylation sites (N-methyl/N-ethyl adjacent to an activating group) is 1. The van der Waals surface area contributed by atoms with Crippen LogP contribution in [0.2, 0.25) is 10.0 Å². The third-order valence-corrected chi connectivity index (χ3v) is 6.65. The maximum absolute atomic E-state index is 13.6. The summed E-state index contributed by atoms with van der Waals surface area (Å²) in [6.07, 6.45) is 0.413. The van der Waals surface area contributed by atoms with Gasteiger partial charge in [-0.2, -0.15) is 0 Å². The number of hydrogen-bond donors (Lipinski definition) is 1. The molecule has 170 valence electrons. The number of nitrogens with zero attached hydrogens (tertiary/aromatic N) is 2. The monoisotopic (exact) mass is 483 g/mol. The van der Waals surface area contributed by atoms with Gasteiger partial charge in [0.1, 0.15) is 12.6 Å². The second-order valence-electron chi connectivity index (χ2n) is 7.88. The molecule has 33 heavy (non-hydrogen) atoms. The second kappa shape index (κ2) is 9.41. The summed E-state index contributed by atoms with van der Waals surface area (Å²) in [6.45, 7) is 1.81. The molecule has 1 aliphatic heterocycles. The maximum Gasteiger partial charge on any atom is 0.259 e. The van der Waals surface area contributed by atoms with Gasteiger partial charge in [0.15, 0.2) is 0 Å². The van der Waals surface area contributed by atoms with E-state index in [0.717, 1.165) is 16.3 Å². The van der Waals surface area contributed by atoms with Crippen molar-refractivity contribution in [3.05, 3.63) is 75.8 Å². The highest BCUT2D eigenvalue weighted by Gasteiger charge is 2.34. The van der Waals surface area contributed by atoms with Crippen molar-refractivity contribution in [3.8, 4) is 0 Å². The number of nitrogens with one attached hydrogen (secondary N) is 1. The molecule has 6 nitrogen and oxygen atoms in total. The lowest BCUT2D eigenvalue weighted by Crippen LogP contribution is -2.51. The van der Waals surface area contributed by atoms with Gasteiger partial charge in [0.25, 0.3) is 5.91 Å². The Hall–Kier alpha value is -3.09. The molecule has 4 rings (SSSR count). The van der Waals surface area contributed by atoms with Gasteiger partial charge in [-0.25, -0.2) is 0 Å². The maximum atomic E-state index is 13.6. The Labute approximate surface area is 202 Å². The SMILES string of the molecule is CCC(C(=O)NC)N(Cc1ccc(Cl)c(Cl)c1)C(=O)CN1C(=O)c2cccc3cccc1c23. The zero-order valence-corrected chi connectivity index (χ0v) is 19.8. The number of carbonyl (C=O) groups excluding carboxylic acids is 3. The molecular formula is C25H23Cl2N3O3. The van der Waals surface area contributed by atoms with Crippen LogP contribution in [0.4, 0.5) is 5.69 Å². The van der Waals surface area contributed by atoms with Gasteiger partial charge in [-0.1, -0.05) is 60.5 Å². The van der Waals surface area contributed by atoms with E-state index in [1.807, 2.05) is 37.3 Å². The summed E-state index contributed by atoms with van der Waals surface area (Å²) in [4.78, 5) is 42.3. The van der Waals surface area contributed by atoms with E-state index in [1.165, 1.54) is 16.8 Å². The fourth-order valence-electron chi connectivity index (χ4n) is 4.28. The van der Waals surface area contributed by atoms with Crippen molar-refractivity contribution in [2.45, 2.75) is 25.9 Å². The molecule has 0 radical (unpaired) electrons. The first-order chi connectivity index (χ1) is 15.8. The Kier molecular flexibility index (Phi) is 6.58. The normalized spacial score (nSPS) is 13.3. The Morgan fingerprint density at radius 1 is 1.06 bits per heavy atom. The number of hydrogen-bond acceptors (Lipinski definition) is 3. The fraction of sp³-hybridized carbons (Fsp3) is 0.240. The standard InChI is InChI=1S/C25H23Cl2N3O3/c1-3-20(24(32)28-2)29(13-15-10-11-18(26)19(27)12-15)22(31)14-30-21-9-5-7-16-6-4-8-17(23(16)21)25(30)33/h4-12,20H,3,13-14H2,1-2H3,(H,28,32). The predicted octanol–water partition coefficient (Wildman–Crippen LogP) is 4.66. The van der Waals surface area contributed by atoms with Crippen LogP contribution >= 0.6 is 23.2 Å². The summed E-state index contributed by atoms with van der Waals surface area (Å²) in [5, 5.41) is 5.19. The van der Waals surface area contributed by atoms with Gasteiger partial charge in [-0.3, -0.25) is 19.3 Å². The van der Waals surface area contributed by atoms with E-state index in [9.17, 15) is 14.4 Å². The Balaban J connectivity index is 1.67. The lowest BCUT2D eigenvalue weighted by atomic mass is 10.1. The summed E-state index contributed by atoms with van der Waals surface area (Å²) in [5.41, 5.74) is 2.01. The summed E-state index contributed by atoms with van der Waals surface area (Å²) in [7, 11) is 1.54. The van der Waals surface area contributed by atoms with Crippen LogP contribution < -0.4 is 10.2 Å². The van der Waals surface area contributed by atoms with Gasteiger partial charge in [0, 0.05) is 24.5 Å². The third-order valence-electron chi connectivity index (χ3n) is 5.91. The molecule has 0 fully saturated rings. The topological polar surface area (TPSA) is 69.7 Å². The molecule has 0 saturated carbocycles. The minimum Gasteiger partial charge on any atom is -0.357 e. The minimum absolute atomic E-state index is 0.154. The van der Waals surface area contributed by atoms with Crippen LogP contribution in [0.1, 0.15) is 29.3 Å². The first-order valence-corrected chi connectivity index (χ1v) is 11.4. The number of halogens is 2. The number of anilines is 1. The molecule has 1 heterocycles. The first-order valence-electron chi connectivity index (χ1n) is 10.6. The minimum atomic E-state index is -0.701. The molecule has 1 aliphatic rings. The first kappa shape index (κ1) is 23.1. The number of rotatable bonds is 7. The Morgan fingerprint density at radius 2 is 1.79 bits per heavy atom. The molecule has 1 N–H and O–H groups in total. The molecule has 1 unspecified atom stereocenters.